The van der Waals surface area contributed by atoms with Gasteiger partial charge in [0.15, 0.2) is 0 Å². The Hall–Kier alpha value is -5.16. The van der Waals surface area contributed by atoms with Crippen LogP contribution in [-0.4, -0.2) is 92.4 Å². The van der Waals surface area contributed by atoms with Crippen molar-refractivity contribution in [3.8, 4) is 23.0 Å². The molecule has 6 N–H and O–H groups in total. The van der Waals surface area contributed by atoms with Crippen LogP contribution in [0.15, 0.2) is 58.7 Å². The Bertz CT molecular complexity index is 2500. The molecule has 67 heavy (non-hydrogen) atoms. The molecule has 15 nitrogen and oxygen atoms in total. The number of nitrogens with zero attached hydrogens (tertiary/aromatic N) is 2. The maximum Gasteiger partial charge on any atom is 0.333 e. The van der Waals surface area contributed by atoms with Gasteiger partial charge in [-0.05, 0) is 132 Å². The highest BCUT2D eigenvalue weighted by molar-refractivity contribution is 7.84. The highest BCUT2D eigenvalue weighted by Gasteiger charge is 2.48. The van der Waals surface area contributed by atoms with Crippen LogP contribution in [0.1, 0.15) is 163 Å². The molecule has 0 fully saturated rings. The van der Waals surface area contributed by atoms with E-state index in [1.54, 1.807) is 6.92 Å². The molecule has 1 unspecified atom stereocenters. The fraction of sp³-hybridized carbons (Fsp3) is 0.549. The van der Waals surface area contributed by atoms with Crippen molar-refractivity contribution in [1.82, 2.24) is 9.80 Å². The number of aromatic hydroxyl groups is 2. The molecule has 0 aliphatic carbocycles. The molecule has 0 aromatic heterocycles. The summed E-state index contributed by atoms with van der Waals surface area (Å²) >= 11 is 0. The van der Waals surface area contributed by atoms with Crippen LogP contribution in [0.5, 0.6) is 23.0 Å². The fourth-order valence-corrected chi connectivity index (χ4v) is 10.3. The fourth-order valence-electron chi connectivity index (χ4n) is 9.68. The summed E-state index contributed by atoms with van der Waals surface area (Å²) in [5, 5.41) is 49.4. The molecule has 2 amide bonds. The lowest BCUT2D eigenvalue weighted by Gasteiger charge is -2.42. The number of allylic oxidation sites excluding steroid dienone is 8. The summed E-state index contributed by atoms with van der Waals surface area (Å²) in [6.07, 6.45) is 12.4. The number of rotatable bonds is 20. The molecule has 5 atom stereocenters. The van der Waals surface area contributed by atoms with Crippen LogP contribution >= 0.6 is 0 Å². The summed E-state index contributed by atoms with van der Waals surface area (Å²) in [6, 6.07) is 1.38. The second-order valence-electron chi connectivity index (χ2n) is 19.8. The number of nitrogens with two attached hydrogens (primary N) is 1. The molecule has 366 valence electrons. The smallest absolute Gasteiger partial charge is 0.333 e. The van der Waals surface area contributed by atoms with Gasteiger partial charge in [-0.25, -0.2) is 9.93 Å². The lowest BCUT2D eigenvalue weighted by Crippen LogP contribution is -2.52. The second-order valence-corrected chi connectivity index (χ2v) is 20.9. The van der Waals surface area contributed by atoms with E-state index < -0.39 is 57.5 Å². The Kier molecular flexibility index (Phi) is 15.8. The largest absolute Gasteiger partial charge is 0.508 e. The van der Waals surface area contributed by atoms with E-state index in [0.29, 0.717) is 48.1 Å². The number of aliphatic hydroxyl groups excluding tert-OH is 1. The minimum atomic E-state index is -4.41. The van der Waals surface area contributed by atoms with Crippen molar-refractivity contribution in [2.45, 2.75) is 175 Å². The van der Waals surface area contributed by atoms with Crippen molar-refractivity contribution in [1.29, 1.82) is 0 Å². The summed E-state index contributed by atoms with van der Waals surface area (Å²) in [5.74, 6) is -2.10. The number of phenolic OH excluding ortho intramolecular Hbond substituents is 2. The summed E-state index contributed by atoms with van der Waals surface area (Å²) < 4.78 is 43.0. The molecular weight excluding hydrogens is 879 g/mol. The molecule has 4 aliphatic rings. The Labute approximate surface area is 395 Å². The number of fused-ring (bicyclic) bond motifs is 6. The Morgan fingerprint density at radius 2 is 1.30 bits per heavy atom. The molecule has 0 saturated heterocycles. The molecule has 0 saturated carbocycles. The number of carbonyl (C=O) groups is 3. The number of carboxylic acids is 1. The van der Waals surface area contributed by atoms with Crippen LogP contribution in [0, 0.1) is 0 Å². The lowest BCUT2D eigenvalue weighted by atomic mass is 9.84. The van der Waals surface area contributed by atoms with Crippen molar-refractivity contribution >= 4 is 28.1 Å². The van der Waals surface area contributed by atoms with Crippen LogP contribution in [-0.2, 0) is 45.2 Å². The Morgan fingerprint density at radius 3 is 1.84 bits per heavy atom. The molecule has 6 rings (SSSR count). The van der Waals surface area contributed by atoms with Crippen LogP contribution in [0.2, 0.25) is 0 Å². The number of aliphatic hydroxyl groups is 1. The number of phenols is 2. The zero-order valence-electron chi connectivity index (χ0n) is 40.2. The zero-order chi connectivity index (χ0) is 49.2. The van der Waals surface area contributed by atoms with Crippen LogP contribution in [0.25, 0.3) is 0 Å². The third-order valence-corrected chi connectivity index (χ3v) is 14.2. The summed E-state index contributed by atoms with van der Waals surface area (Å²) in [7, 11) is -4.41. The highest BCUT2D eigenvalue weighted by atomic mass is 32.2. The summed E-state index contributed by atoms with van der Waals surface area (Å²) in [6.45, 7) is 16.0. The van der Waals surface area contributed by atoms with Crippen molar-refractivity contribution in [2.75, 3.05) is 6.54 Å². The number of carbonyl (C=O) groups excluding carboxylic acids is 2. The van der Waals surface area contributed by atoms with Gasteiger partial charge in [-0.3, -0.25) is 13.8 Å². The number of ether oxygens (including phenoxy) is 2. The summed E-state index contributed by atoms with van der Waals surface area (Å²) in [5.41, 5.74) is 4.62. The van der Waals surface area contributed by atoms with Gasteiger partial charge in [0.25, 0.3) is 11.8 Å². The maximum absolute atomic E-state index is 14.0. The monoisotopic (exact) mass is 947 g/mol. The Balaban J connectivity index is 1.14. The number of hydrogen-bond donors (Lipinski definition) is 5. The standard InChI is InChI=1S/C51H69N3O12S/c1-30(2)14-9-16-32(5)18-11-21-50(7)43(57)26-36-41(55)25-35-39(45(36)64-50)29-54(48(35)59)40(49(60)61)20-13-23-53-28-38-34(47(53)58)24-42(56)37-27-44(66-67(52,62)63)51(8,65-46(37)38)22-12-19-33(6)17-10-15-31(3)4/h14-15,18-19,24-25,40,43-44,55-57H,9-13,16-17,20-23,26-29H2,1-8H3,(H,60,61)(H2,52,62,63)/b32-18+,33-19+/t40-,43+,44+,50?,51-/m1/s1. The molecule has 0 spiro atoms. The lowest BCUT2D eigenvalue weighted by molar-refractivity contribution is -0.142. The number of hydrogen-bond acceptors (Lipinski definition) is 11. The van der Waals surface area contributed by atoms with E-state index in [-0.39, 0.29) is 79.3 Å². The van der Waals surface area contributed by atoms with Gasteiger partial charge in [-0.2, -0.15) is 8.42 Å². The molecule has 16 heteroatoms. The normalized spacial score (nSPS) is 22.9. The van der Waals surface area contributed by atoms with Crippen molar-refractivity contribution < 1.29 is 56.9 Å². The first-order valence-electron chi connectivity index (χ1n) is 23.3. The number of benzene rings is 2. The van der Waals surface area contributed by atoms with E-state index in [0.717, 1.165) is 31.3 Å². The molecule has 4 aliphatic heterocycles. The third kappa shape index (κ3) is 11.8. The summed E-state index contributed by atoms with van der Waals surface area (Å²) in [4.78, 5) is 43.5. The first-order valence-corrected chi connectivity index (χ1v) is 24.8. The van der Waals surface area contributed by atoms with Gasteiger partial charge in [0, 0.05) is 41.6 Å². The Morgan fingerprint density at radius 1 is 0.791 bits per heavy atom. The van der Waals surface area contributed by atoms with Gasteiger partial charge in [0.2, 0.25) is 0 Å². The number of carboxylic acid groups (broad SMARTS) is 1. The third-order valence-electron chi connectivity index (χ3n) is 13.7. The van der Waals surface area contributed by atoms with Crippen LogP contribution in [0.3, 0.4) is 0 Å². The molecular formula is C51H69N3O12S. The van der Waals surface area contributed by atoms with Gasteiger partial charge in [-0.1, -0.05) is 46.6 Å². The van der Waals surface area contributed by atoms with Gasteiger partial charge >= 0.3 is 16.3 Å². The quantitative estimate of drug-likeness (QED) is 0.0792. The second kappa shape index (κ2) is 20.6. The van der Waals surface area contributed by atoms with Gasteiger partial charge < -0.3 is 39.7 Å². The number of aliphatic carboxylic acids is 1. The molecule has 2 aromatic rings. The maximum atomic E-state index is 14.0. The van der Waals surface area contributed by atoms with E-state index in [9.17, 15) is 43.2 Å². The van der Waals surface area contributed by atoms with Crippen LogP contribution in [0.4, 0.5) is 0 Å². The molecule has 2 aromatic carbocycles. The topological polar surface area (TPSA) is 226 Å². The van der Waals surface area contributed by atoms with E-state index in [1.165, 1.54) is 38.7 Å². The van der Waals surface area contributed by atoms with Gasteiger partial charge in [0.1, 0.15) is 46.3 Å². The first-order chi connectivity index (χ1) is 31.4. The van der Waals surface area contributed by atoms with E-state index in [2.05, 4.69) is 45.1 Å². The molecule has 4 heterocycles. The van der Waals surface area contributed by atoms with Crippen molar-refractivity contribution in [3.05, 3.63) is 92.1 Å². The van der Waals surface area contributed by atoms with Crippen molar-refractivity contribution in [2.24, 2.45) is 5.14 Å². The van der Waals surface area contributed by atoms with E-state index >= 15 is 0 Å². The minimum Gasteiger partial charge on any atom is -0.508 e. The predicted octanol–water partition coefficient (Wildman–Crippen LogP) is 8.23. The van der Waals surface area contributed by atoms with Gasteiger partial charge in [-0.15, -0.1) is 0 Å². The molecule has 0 bridgehead atoms. The van der Waals surface area contributed by atoms with Crippen molar-refractivity contribution in [3.63, 3.8) is 0 Å². The van der Waals surface area contributed by atoms with E-state index in [4.69, 9.17) is 18.8 Å². The SMILES string of the molecule is CC(C)=CCC/C(C)=C/CCC1(C)Oc2c(c(O)cc3c2CN([C@H](CCCN2Cc4c(cc(O)c5c4O[C@](C)(CC/C=C(\C)CCC=C(C)C)[C@@H](OS(N)(=O)=O)C5)C2=O)C(=O)O)C3=O)C[C@@H]1O. The zero-order valence-corrected chi connectivity index (χ0v) is 41.1. The average molecular weight is 948 g/mol. The highest BCUT2D eigenvalue weighted by Crippen LogP contribution is 2.49. The minimum absolute atomic E-state index is 0.00820. The van der Waals surface area contributed by atoms with Crippen LogP contribution < -0.4 is 14.6 Å². The predicted molar refractivity (Wildman–Crippen MR) is 254 cm³/mol. The first kappa shape index (κ1) is 51.2. The number of amides is 2. The van der Waals surface area contributed by atoms with Gasteiger partial charge in [0.05, 0.1) is 30.3 Å². The van der Waals surface area contributed by atoms with E-state index in [1.807, 2.05) is 27.7 Å². The molecule has 0 radical (unpaired) electrons. The average Bonchev–Trinajstić information content (AvgIpc) is 3.71.